The number of aliphatic hydroxyl groups excluding tert-OH is 1. The Morgan fingerprint density at radius 3 is 2.11 bits per heavy atom. The molecule has 6 rings (SSSR count). The lowest BCUT2D eigenvalue weighted by atomic mass is 9.92. The Hall–Kier alpha value is -6.33. The van der Waals surface area contributed by atoms with Crippen LogP contribution in [-0.4, -0.2) is 139 Å². The number of Topliss-reactive ketones (excluding diaryl/α,β-unsaturated/α-hetero) is 1. The number of carbonyl (C=O) groups is 7. The highest BCUT2D eigenvalue weighted by molar-refractivity contribution is 6.18. The summed E-state index contributed by atoms with van der Waals surface area (Å²) >= 11 is 6.24. The smallest absolute Gasteiger partial charge is 0.250 e. The number of rotatable bonds is 13. The number of fused-ring (bicyclic) bond motifs is 4. The van der Waals surface area contributed by atoms with E-state index in [0.29, 0.717) is 29.0 Å². The Balaban J connectivity index is 1.51. The quantitative estimate of drug-likeness (QED) is 0.0975. The molecule has 0 saturated carbocycles. The number of para-hydroxylation sites is 1. The molecule has 1 aromatic heterocycles. The molecule has 8 atom stereocenters. The van der Waals surface area contributed by atoms with Crippen molar-refractivity contribution in [2.75, 3.05) is 20.0 Å². The first-order valence-electron chi connectivity index (χ1n) is 27.8. The first kappa shape index (κ1) is 61.9. The average Bonchev–Trinajstić information content (AvgIpc) is 3.99. The van der Waals surface area contributed by atoms with Crippen LogP contribution >= 0.6 is 11.6 Å². The molecule has 1 fully saturated rings. The predicted molar refractivity (Wildman–Crippen MR) is 309 cm³/mol. The molecule has 3 aliphatic heterocycles. The number of alkyl halides is 1. The van der Waals surface area contributed by atoms with Gasteiger partial charge in [-0.25, -0.2) is 0 Å². The molecule has 0 unspecified atom stereocenters. The molecule has 6 amide bonds. The third kappa shape index (κ3) is 14.7. The molecule has 1 saturated heterocycles. The van der Waals surface area contributed by atoms with Crippen molar-refractivity contribution in [3.63, 3.8) is 0 Å². The monoisotopic (exact) mass is 1110 g/mol. The van der Waals surface area contributed by atoms with Gasteiger partial charge in [0.2, 0.25) is 35.4 Å². The van der Waals surface area contributed by atoms with Gasteiger partial charge in [0.1, 0.15) is 47.2 Å². The van der Waals surface area contributed by atoms with E-state index in [9.17, 15) is 24.3 Å². The zero-order valence-corrected chi connectivity index (χ0v) is 49.6. The van der Waals surface area contributed by atoms with Crippen molar-refractivity contribution < 1.29 is 43.4 Å². The van der Waals surface area contributed by atoms with Crippen LogP contribution in [0, 0.1) is 17.8 Å². The number of likely N-dealkylation sites (N-methyl/N-ethyl adjacent to an activating group) is 2. The van der Waals surface area contributed by atoms with Gasteiger partial charge in [0.15, 0.2) is 5.78 Å². The van der Waals surface area contributed by atoms with Gasteiger partial charge in [-0.15, -0.1) is 11.6 Å². The van der Waals surface area contributed by atoms with Crippen LogP contribution in [-0.2, 0) is 51.9 Å². The second-order valence-electron chi connectivity index (χ2n) is 24.2. The molecule has 0 aliphatic carbocycles. The summed E-state index contributed by atoms with van der Waals surface area (Å²) in [7, 11) is 3.03. The van der Waals surface area contributed by atoms with Gasteiger partial charge < -0.3 is 45.1 Å². The van der Waals surface area contributed by atoms with Gasteiger partial charge in [-0.1, -0.05) is 76.6 Å². The van der Waals surface area contributed by atoms with Crippen LogP contribution in [0.15, 0.2) is 77.6 Å². The van der Waals surface area contributed by atoms with Crippen LogP contribution in [0.25, 0.3) is 10.9 Å². The fourth-order valence-corrected chi connectivity index (χ4v) is 11.5. The number of ether oxygens (including phenoxy) is 1. The molecule has 430 valence electrons. The normalized spacial score (nSPS) is 24.9. The van der Waals surface area contributed by atoms with Crippen LogP contribution in [0.3, 0.4) is 0 Å². The summed E-state index contributed by atoms with van der Waals surface area (Å²) in [4.78, 5) is 114. The molecule has 18 heteroatoms. The molecule has 3 aromatic rings. The molecule has 0 spiro atoms. The second-order valence-corrected chi connectivity index (χ2v) is 24.5. The molecular weight excluding hydrogens is 1020 g/mol. The molecule has 4 heterocycles. The van der Waals surface area contributed by atoms with Crippen LogP contribution in [0.2, 0.25) is 0 Å². The number of nitrogens with zero attached hydrogens (tertiary/aromatic N) is 5. The topological polar surface area (TPSA) is 212 Å². The van der Waals surface area contributed by atoms with E-state index in [1.54, 1.807) is 38.3 Å². The van der Waals surface area contributed by atoms with Crippen LogP contribution < -0.4 is 20.7 Å². The number of benzene rings is 2. The SMILES string of the molecule is C/C=C/C[C@@H]1NC(=O)[C@H](CC(C)C)N2C=C(C)C[C@@H](C2=O)N(C)C(=O)[C@H](C)CC(=O)[C@H](Cc2ccc3c(c2)N=C(C)CC(C)(C)O3)NC(=O)[C@H](CC(C)C)N(C)C(=O)[C@H](Cc2cn(C(C)(C)[C@H](O)CCl)c3ccccc23)NC1=O. The zero-order valence-electron chi connectivity index (χ0n) is 48.8. The number of aliphatic imine (C=N–C) groups is 1. The van der Waals surface area contributed by atoms with Gasteiger partial charge in [0.25, 0.3) is 0 Å². The van der Waals surface area contributed by atoms with E-state index in [1.807, 2.05) is 116 Å². The molecule has 79 heavy (non-hydrogen) atoms. The van der Waals surface area contributed by atoms with E-state index in [4.69, 9.17) is 21.3 Å². The number of hydrogen-bond donors (Lipinski definition) is 4. The summed E-state index contributed by atoms with van der Waals surface area (Å²) in [5.74, 6) is -4.62. The number of nitrogens with one attached hydrogen (secondary N) is 3. The molecule has 3 aliphatic rings. The second kappa shape index (κ2) is 25.9. The Labute approximate surface area is 472 Å². The van der Waals surface area contributed by atoms with Crippen molar-refractivity contribution in [3.05, 3.63) is 83.7 Å². The van der Waals surface area contributed by atoms with Gasteiger partial charge in [-0.3, -0.25) is 38.6 Å². The molecule has 0 radical (unpaired) electrons. The van der Waals surface area contributed by atoms with Crippen molar-refractivity contribution in [1.82, 2.24) is 35.2 Å². The zero-order chi connectivity index (χ0) is 58.4. The number of aromatic nitrogens is 1. The maximum Gasteiger partial charge on any atom is 0.250 e. The largest absolute Gasteiger partial charge is 0.485 e. The molecule has 17 nitrogen and oxygen atoms in total. The third-order valence-corrected chi connectivity index (χ3v) is 15.8. The van der Waals surface area contributed by atoms with Crippen molar-refractivity contribution in [2.24, 2.45) is 22.7 Å². The van der Waals surface area contributed by atoms with E-state index in [1.165, 1.54) is 28.8 Å². The lowest BCUT2D eigenvalue weighted by Crippen LogP contribution is -2.60. The fourth-order valence-electron chi connectivity index (χ4n) is 11.1. The maximum absolute atomic E-state index is 15.6. The molecule has 2 aromatic carbocycles. The summed E-state index contributed by atoms with van der Waals surface area (Å²) in [5.41, 5.74) is 2.78. The summed E-state index contributed by atoms with van der Waals surface area (Å²) in [6, 6.07) is 5.92. The number of amides is 6. The number of allylic oxidation sites excluding steroid dienone is 1. The summed E-state index contributed by atoms with van der Waals surface area (Å²) in [6.45, 7) is 22.5. The number of hydrogen-bond acceptors (Lipinski definition) is 10. The fraction of sp³-hybridized carbons (Fsp3) is 0.574. The number of ketones is 1. The number of halogens is 1. The number of carbonyl (C=O) groups excluding carboxylic acids is 7. The highest BCUT2D eigenvalue weighted by Crippen LogP contribution is 2.37. The third-order valence-electron chi connectivity index (χ3n) is 15.5. The van der Waals surface area contributed by atoms with Gasteiger partial charge in [0, 0.05) is 68.3 Å². The van der Waals surface area contributed by atoms with Crippen molar-refractivity contribution >= 4 is 75.1 Å². The Morgan fingerprint density at radius 1 is 0.823 bits per heavy atom. The van der Waals surface area contributed by atoms with Crippen molar-refractivity contribution in [3.8, 4) is 5.75 Å². The lowest BCUT2D eigenvalue weighted by molar-refractivity contribution is -0.149. The Kier molecular flexibility index (Phi) is 20.2. The Morgan fingerprint density at radius 2 is 1.46 bits per heavy atom. The van der Waals surface area contributed by atoms with E-state index < -0.39 is 101 Å². The predicted octanol–water partition coefficient (Wildman–Crippen LogP) is 7.70. The standard InChI is InChI=1S/C61H85ClN8O9/c1-15-16-20-43-54(73)66-46(30-41-34-70(61(11,12)53(72)32-62)47-21-18-17-19-42(41)47)58(77)67(13)48(24-35(2)3)55(74)65-44(28-40-22-23-52-45(29-40)63-39(8)31-60(9,10)79-52)51(71)27-38(7)57(76)68(14)50-26-37(6)33-69(59(50)78)49(25-36(4)5)56(75)64-43/h15-19,21-23,29,33-36,38,43-44,46,48-50,53,72H,20,24-28,30-32H2,1-14H3,(H,64,75)(H,65,74)(H,66,73)/b16-15+/t38-,43+,44+,46+,48+,49+,50+,53-/m1/s1. The van der Waals surface area contributed by atoms with Gasteiger partial charge in [-0.05, 0) is 122 Å². The van der Waals surface area contributed by atoms with E-state index >= 15 is 14.4 Å². The van der Waals surface area contributed by atoms with Gasteiger partial charge >= 0.3 is 0 Å². The minimum Gasteiger partial charge on any atom is -0.485 e. The lowest BCUT2D eigenvalue weighted by Gasteiger charge is -2.39. The summed E-state index contributed by atoms with van der Waals surface area (Å²) in [6.07, 6.45) is 6.77. The number of aliphatic hydroxyl groups is 1. The minimum atomic E-state index is -1.34. The highest BCUT2D eigenvalue weighted by Gasteiger charge is 2.43. The minimum absolute atomic E-state index is 0.00204. The van der Waals surface area contributed by atoms with E-state index in [0.717, 1.165) is 22.2 Å². The van der Waals surface area contributed by atoms with E-state index in [2.05, 4.69) is 16.0 Å². The first-order valence-corrected chi connectivity index (χ1v) is 28.4. The molecular formula is C61H85ClN8O9. The van der Waals surface area contributed by atoms with Crippen LogP contribution in [0.1, 0.15) is 133 Å². The van der Waals surface area contributed by atoms with E-state index in [-0.39, 0.29) is 62.7 Å². The van der Waals surface area contributed by atoms with Crippen molar-refractivity contribution in [1.29, 1.82) is 0 Å². The summed E-state index contributed by atoms with van der Waals surface area (Å²) in [5, 5.41) is 20.9. The molecule has 4 N–H and O–H groups in total. The van der Waals surface area contributed by atoms with Crippen LogP contribution in [0.5, 0.6) is 5.75 Å². The van der Waals surface area contributed by atoms with Gasteiger partial charge in [0.05, 0.1) is 23.6 Å². The van der Waals surface area contributed by atoms with Gasteiger partial charge in [-0.2, -0.15) is 0 Å². The van der Waals surface area contributed by atoms with Crippen LogP contribution in [0.4, 0.5) is 5.69 Å². The Bertz CT molecular complexity index is 2870. The summed E-state index contributed by atoms with van der Waals surface area (Å²) < 4.78 is 8.26. The first-order chi connectivity index (χ1) is 37.1. The average molecular weight is 1110 g/mol. The highest BCUT2D eigenvalue weighted by atomic mass is 35.5. The van der Waals surface area contributed by atoms with Crippen molar-refractivity contribution in [2.45, 2.75) is 188 Å². The maximum atomic E-state index is 15.6. The molecule has 2 bridgehead atoms.